The van der Waals surface area contributed by atoms with Crippen LogP contribution in [0.2, 0.25) is 0 Å². The van der Waals surface area contributed by atoms with E-state index in [9.17, 15) is 4.79 Å². The number of hydrogen-bond donors (Lipinski definition) is 3. The molecule has 0 aliphatic carbocycles. The second kappa shape index (κ2) is 6.65. The number of hydrogen-bond acceptors (Lipinski definition) is 4. The van der Waals surface area contributed by atoms with E-state index in [1.807, 2.05) is 40.1 Å². The first-order chi connectivity index (χ1) is 10.3. The number of aromatic amines is 1. The molecular formula is C15H23N5O2. The molecule has 120 valence electrons. The Hall–Kier alpha value is -2.28. The number of nitrogens with one attached hydrogen (secondary N) is 3. The van der Waals surface area contributed by atoms with Crippen LogP contribution in [0.4, 0.5) is 10.6 Å². The minimum absolute atomic E-state index is 0.500. The Morgan fingerprint density at radius 2 is 2.18 bits per heavy atom. The molecule has 0 bridgehead atoms. The minimum atomic E-state index is -0.533. The van der Waals surface area contributed by atoms with Crippen LogP contribution in [0.25, 0.3) is 0 Å². The summed E-state index contributed by atoms with van der Waals surface area (Å²) in [5.74, 6) is 0.550. The van der Waals surface area contributed by atoms with Crippen LogP contribution in [0.1, 0.15) is 32.0 Å². The first kappa shape index (κ1) is 16.1. The Kier molecular flexibility index (Phi) is 4.87. The molecule has 0 aliphatic heterocycles. The Morgan fingerprint density at radius 3 is 2.82 bits per heavy atom. The third kappa shape index (κ3) is 4.63. The maximum atomic E-state index is 11.8. The molecule has 0 aromatic carbocycles. The largest absolute Gasteiger partial charge is 0.444 e. The molecule has 0 spiro atoms. The van der Waals surface area contributed by atoms with E-state index in [1.165, 1.54) is 5.69 Å². The molecule has 7 heteroatoms. The molecule has 0 atom stereocenters. The molecular weight excluding hydrogens is 282 g/mol. The molecule has 0 unspecified atom stereocenters. The van der Waals surface area contributed by atoms with Gasteiger partial charge < -0.3 is 14.6 Å². The second-order valence-electron chi connectivity index (χ2n) is 6.11. The number of carbonyl (C=O) groups is 1. The average Bonchev–Trinajstić information content (AvgIpc) is 2.98. The van der Waals surface area contributed by atoms with Crippen molar-refractivity contribution >= 4 is 11.9 Å². The molecule has 3 N–H and O–H groups in total. The summed E-state index contributed by atoms with van der Waals surface area (Å²) in [7, 11) is 2.00. The molecule has 22 heavy (non-hydrogen) atoms. The average molecular weight is 305 g/mol. The minimum Gasteiger partial charge on any atom is -0.444 e. The van der Waals surface area contributed by atoms with E-state index in [-0.39, 0.29) is 0 Å². The van der Waals surface area contributed by atoms with E-state index in [0.29, 0.717) is 12.4 Å². The van der Waals surface area contributed by atoms with Crippen molar-refractivity contribution in [3.05, 3.63) is 35.8 Å². The zero-order valence-corrected chi connectivity index (χ0v) is 13.4. The van der Waals surface area contributed by atoms with E-state index in [2.05, 4.69) is 31.5 Å². The summed E-state index contributed by atoms with van der Waals surface area (Å²) in [6, 6.07) is 4.06. The van der Waals surface area contributed by atoms with Gasteiger partial charge in [-0.3, -0.25) is 10.4 Å². The molecule has 0 aliphatic rings. The van der Waals surface area contributed by atoms with Gasteiger partial charge in [0.1, 0.15) is 11.4 Å². The third-order valence-corrected chi connectivity index (χ3v) is 3.02. The molecule has 7 nitrogen and oxygen atoms in total. The fourth-order valence-electron chi connectivity index (χ4n) is 1.96. The van der Waals surface area contributed by atoms with Crippen LogP contribution in [0.15, 0.2) is 24.5 Å². The summed E-state index contributed by atoms with van der Waals surface area (Å²) in [4.78, 5) is 11.8. The lowest BCUT2D eigenvalue weighted by Gasteiger charge is -2.19. The topological polar surface area (TPSA) is 84.0 Å². The predicted molar refractivity (Wildman–Crippen MR) is 84.4 cm³/mol. The first-order valence-electron chi connectivity index (χ1n) is 7.18. The van der Waals surface area contributed by atoms with Crippen molar-refractivity contribution in [3.63, 3.8) is 0 Å². The Labute approximate surface area is 130 Å². The van der Waals surface area contributed by atoms with Crippen molar-refractivity contribution in [2.45, 2.75) is 39.5 Å². The SMILES string of the molecule is Cn1cccc1CNCc1cn[nH]c1NC(=O)OC(C)(C)C. The van der Waals surface area contributed by atoms with Crippen LogP contribution < -0.4 is 10.6 Å². The maximum absolute atomic E-state index is 11.8. The summed E-state index contributed by atoms with van der Waals surface area (Å²) >= 11 is 0. The number of carbonyl (C=O) groups excluding carboxylic acids is 1. The number of aromatic nitrogens is 3. The lowest BCUT2D eigenvalue weighted by atomic mass is 10.2. The van der Waals surface area contributed by atoms with Crippen LogP contribution in [0, 0.1) is 0 Å². The van der Waals surface area contributed by atoms with Crippen molar-refractivity contribution < 1.29 is 9.53 Å². The van der Waals surface area contributed by atoms with Crippen molar-refractivity contribution in [2.24, 2.45) is 7.05 Å². The Morgan fingerprint density at radius 1 is 1.41 bits per heavy atom. The van der Waals surface area contributed by atoms with E-state index < -0.39 is 11.7 Å². The van der Waals surface area contributed by atoms with Gasteiger partial charge in [0.05, 0.1) is 6.20 Å². The molecule has 2 aromatic rings. The van der Waals surface area contributed by atoms with Gasteiger partial charge in [0.15, 0.2) is 0 Å². The fraction of sp³-hybridized carbons (Fsp3) is 0.467. The molecule has 0 saturated carbocycles. The van der Waals surface area contributed by atoms with Gasteiger partial charge in [0.2, 0.25) is 0 Å². The highest BCUT2D eigenvalue weighted by Gasteiger charge is 2.17. The molecule has 2 rings (SSSR count). The summed E-state index contributed by atoms with van der Waals surface area (Å²) in [6.45, 7) is 6.79. The van der Waals surface area contributed by atoms with E-state index in [0.717, 1.165) is 12.1 Å². The standard InChI is InChI=1S/C15H23N5O2/c1-15(2,3)22-14(21)18-13-11(9-17-19-13)8-16-10-12-6-5-7-20(12)4/h5-7,9,16H,8,10H2,1-4H3,(H2,17,18,19,21). The molecule has 0 saturated heterocycles. The van der Waals surface area contributed by atoms with Crippen LogP contribution in [0.5, 0.6) is 0 Å². The monoisotopic (exact) mass is 305 g/mol. The summed E-state index contributed by atoms with van der Waals surface area (Å²) < 4.78 is 7.28. The maximum Gasteiger partial charge on any atom is 0.413 e. The van der Waals surface area contributed by atoms with Crippen molar-refractivity contribution in [1.29, 1.82) is 0 Å². The molecule has 0 radical (unpaired) electrons. The number of H-pyrrole nitrogens is 1. The highest BCUT2D eigenvalue weighted by atomic mass is 16.6. The van der Waals surface area contributed by atoms with Crippen molar-refractivity contribution in [1.82, 2.24) is 20.1 Å². The van der Waals surface area contributed by atoms with Crippen molar-refractivity contribution in [2.75, 3.05) is 5.32 Å². The van der Waals surface area contributed by atoms with Crippen molar-refractivity contribution in [3.8, 4) is 0 Å². The third-order valence-electron chi connectivity index (χ3n) is 3.02. The van der Waals surface area contributed by atoms with Crippen LogP contribution >= 0.6 is 0 Å². The van der Waals surface area contributed by atoms with Gasteiger partial charge in [-0.15, -0.1) is 0 Å². The lowest BCUT2D eigenvalue weighted by Crippen LogP contribution is -2.27. The van der Waals surface area contributed by atoms with Gasteiger partial charge in [-0.25, -0.2) is 4.79 Å². The summed E-state index contributed by atoms with van der Waals surface area (Å²) in [5.41, 5.74) is 1.53. The zero-order chi connectivity index (χ0) is 16.2. The number of amides is 1. The summed E-state index contributed by atoms with van der Waals surface area (Å²) in [6.07, 6.45) is 3.19. The molecule has 0 fully saturated rings. The van der Waals surface area contributed by atoms with Gasteiger partial charge in [-0.05, 0) is 32.9 Å². The molecule has 2 heterocycles. The number of rotatable bonds is 5. The fourth-order valence-corrected chi connectivity index (χ4v) is 1.96. The summed E-state index contributed by atoms with van der Waals surface area (Å²) in [5, 5.41) is 12.7. The quantitative estimate of drug-likeness (QED) is 0.792. The van der Waals surface area contributed by atoms with Gasteiger partial charge in [-0.1, -0.05) is 0 Å². The Bertz CT molecular complexity index is 624. The number of nitrogens with zero attached hydrogens (tertiary/aromatic N) is 2. The van der Waals surface area contributed by atoms with Crippen LogP contribution in [-0.2, 0) is 24.9 Å². The van der Waals surface area contributed by atoms with Crippen LogP contribution in [-0.4, -0.2) is 26.5 Å². The highest BCUT2D eigenvalue weighted by molar-refractivity contribution is 5.84. The smallest absolute Gasteiger partial charge is 0.413 e. The molecule has 1 amide bonds. The van der Waals surface area contributed by atoms with Gasteiger partial charge >= 0.3 is 6.09 Å². The highest BCUT2D eigenvalue weighted by Crippen LogP contribution is 2.14. The number of ether oxygens (including phenoxy) is 1. The van der Waals surface area contributed by atoms with Gasteiger partial charge in [0, 0.05) is 37.6 Å². The zero-order valence-electron chi connectivity index (χ0n) is 13.4. The van der Waals surface area contributed by atoms with E-state index >= 15 is 0 Å². The normalized spacial score (nSPS) is 11.5. The number of anilines is 1. The first-order valence-corrected chi connectivity index (χ1v) is 7.18. The predicted octanol–water partition coefficient (Wildman–Crippen LogP) is 2.38. The van der Waals surface area contributed by atoms with Crippen LogP contribution in [0.3, 0.4) is 0 Å². The molecule has 2 aromatic heterocycles. The second-order valence-corrected chi connectivity index (χ2v) is 6.11. The van der Waals surface area contributed by atoms with Gasteiger partial charge in [-0.2, -0.15) is 5.10 Å². The lowest BCUT2D eigenvalue weighted by molar-refractivity contribution is 0.0635. The Balaban J connectivity index is 1.87. The van der Waals surface area contributed by atoms with E-state index in [4.69, 9.17) is 4.74 Å². The van der Waals surface area contributed by atoms with E-state index in [1.54, 1.807) is 6.20 Å². The van der Waals surface area contributed by atoms with Gasteiger partial charge in [0.25, 0.3) is 0 Å². The number of aryl methyl sites for hydroxylation is 1.